The van der Waals surface area contributed by atoms with Gasteiger partial charge in [0.15, 0.2) is 0 Å². The Morgan fingerprint density at radius 1 is 1.15 bits per heavy atom. The number of hydrogen-bond donors (Lipinski definition) is 2. The van der Waals surface area contributed by atoms with Crippen LogP contribution in [0.3, 0.4) is 0 Å². The third-order valence-electron chi connectivity index (χ3n) is 4.13. The average Bonchev–Trinajstić information content (AvgIpc) is 2.93. The van der Waals surface area contributed by atoms with Gasteiger partial charge in [0.05, 0.1) is 11.4 Å². The highest BCUT2D eigenvalue weighted by molar-refractivity contribution is 5.65. The molecule has 0 bridgehead atoms. The molecule has 1 amide bonds. The molecule has 0 aliphatic carbocycles. The third-order valence-corrected chi connectivity index (χ3v) is 4.13. The Balaban J connectivity index is 1.42. The van der Waals surface area contributed by atoms with Crippen molar-refractivity contribution in [1.29, 1.82) is 0 Å². The molecule has 1 aromatic heterocycles. The Morgan fingerprint density at radius 3 is 2.65 bits per heavy atom. The van der Waals surface area contributed by atoms with Crippen molar-refractivity contribution in [3.05, 3.63) is 11.4 Å². The number of rotatable bonds is 3. The molecule has 3 rings (SSSR count). The summed E-state index contributed by atoms with van der Waals surface area (Å²) in [6.07, 6.45) is 0.175. The van der Waals surface area contributed by atoms with Crippen LogP contribution < -0.4 is 0 Å². The molecule has 0 saturated carbocycles. The van der Waals surface area contributed by atoms with E-state index in [2.05, 4.69) is 25.2 Å². The summed E-state index contributed by atoms with van der Waals surface area (Å²) >= 11 is 0. The van der Waals surface area contributed by atoms with Crippen LogP contribution in [0.25, 0.3) is 0 Å². The summed E-state index contributed by atoms with van der Waals surface area (Å²) in [5.41, 5.74) is 2.23. The van der Waals surface area contributed by atoms with Gasteiger partial charge >= 0.3 is 6.09 Å². The number of piperazine rings is 1. The second-order valence-corrected chi connectivity index (χ2v) is 5.37. The fraction of sp³-hybridized carbons (Fsp3) is 0.750. The van der Waals surface area contributed by atoms with Gasteiger partial charge in [-0.1, -0.05) is 5.21 Å². The van der Waals surface area contributed by atoms with Gasteiger partial charge in [0.2, 0.25) is 0 Å². The van der Waals surface area contributed by atoms with Crippen LogP contribution in [-0.4, -0.2) is 87.1 Å². The number of nitrogens with zero attached hydrogens (tertiary/aromatic N) is 5. The maximum Gasteiger partial charge on any atom is 0.407 e. The molecular weight excluding hydrogens is 260 g/mol. The number of aromatic nitrogens is 3. The first-order valence-corrected chi connectivity index (χ1v) is 7.04. The van der Waals surface area contributed by atoms with E-state index in [9.17, 15) is 4.79 Å². The Morgan fingerprint density at radius 2 is 1.90 bits per heavy atom. The minimum atomic E-state index is -0.806. The Hall–Kier alpha value is -1.67. The van der Waals surface area contributed by atoms with Crippen LogP contribution in [-0.2, 0) is 13.0 Å². The Kier molecular flexibility index (Phi) is 3.83. The monoisotopic (exact) mass is 280 g/mol. The molecule has 1 fully saturated rings. The van der Waals surface area contributed by atoms with Crippen molar-refractivity contribution in [3.8, 4) is 0 Å². The second-order valence-electron chi connectivity index (χ2n) is 5.37. The minimum Gasteiger partial charge on any atom is -0.465 e. The first-order valence-electron chi connectivity index (χ1n) is 7.04. The minimum absolute atomic E-state index is 0.614. The van der Waals surface area contributed by atoms with Crippen molar-refractivity contribution < 1.29 is 9.90 Å². The van der Waals surface area contributed by atoms with Crippen molar-refractivity contribution in [2.75, 3.05) is 45.8 Å². The zero-order chi connectivity index (χ0) is 13.9. The van der Waals surface area contributed by atoms with E-state index in [4.69, 9.17) is 5.11 Å². The van der Waals surface area contributed by atoms with Gasteiger partial charge in [-0.25, -0.2) is 4.79 Å². The quantitative estimate of drug-likeness (QED) is 0.773. The molecule has 0 radical (unpaired) electrons. The molecule has 0 atom stereocenters. The number of fused-ring (bicyclic) bond motifs is 1. The lowest BCUT2D eigenvalue weighted by atomic mass is 10.1. The summed E-state index contributed by atoms with van der Waals surface area (Å²) in [4.78, 5) is 17.0. The van der Waals surface area contributed by atoms with Gasteiger partial charge in [-0.3, -0.25) is 14.9 Å². The zero-order valence-electron chi connectivity index (χ0n) is 11.5. The van der Waals surface area contributed by atoms with Crippen molar-refractivity contribution in [2.45, 2.75) is 13.0 Å². The number of carboxylic acid groups (broad SMARTS) is 1. The van der Waals surface area contributed by atoms with Crippen LogP contribution in [0.4, 0.5) is 4.79 Å². The maximum absolute atomic E-state index is 10.8. The summed E-state index contributed by atoms with van der Waals surface area (Å²) in [5, 5.41) is 19.8. The number of hydrogen-bond acceptors (Lipinski definition) is 5. The van der Waals surface area contributed by atoms with Crippen LogP contribution in [0, 0.1) is 0 Å². The summed E-state index contributed by atoms with van der Waals surface area (Å²) in [6, 6.07) is 0. The van der Waals surface area contributed by atoms with Gasteiger partial charge < -0.3 is 10.0 Å². The number of carbonyl (C=O) groups is 1. The number of amides is 1. The Bertz CT molecular complexity index is 468. The van der Waals surface area contributed by atoms with Gasteiger partial charge in [0.1, 0.15) is 0 Å². The third kappa shape index (κ3) is 2.91. The van der Waals surface area contributed by atoms with E-state index in [1.165, 1.54) is 4.90 Å². The molecule has 2 aliphatic heterocycles. The predicted octanol–water partition coefficient (Wildman–Crippen LogP) is -0.542. The largest absolute Gasteiger partial charge is 0.465 e. The molecule has 2 aliphatic rings. The molecule has 1 aromatic rings. The number of aromatic amines is 1. The highest BCUT2D eigenvalue weighted by atomic mass is 16.4. The second kappa shape index (κ2) is 5.76. The normalized spacial score (nSPS) is 20.9. The predicted molar refractivity (Wildman–Crippen MR) is 71.4 cm³/mol. The molecule has 3 heterocycles. The average molecular weight is 280 g/mol. The van der Waals surface area contributed by atoms with Gasteiger partial charge in [-0.15, -0.1) is 5.10 Å². The molecule has 8 nitrogen and oxygen atoms in total. The highest BCUT2D eigenvalue weighted by Gasteiger charge is 2.22. The molecule has 0 aromatic carbocycles. The highest BCUT2D eigenvalue weighted by Crippen LogP contribution is 2.13. The van der Waals surface area contributed by atoms with Crippen molar-refractivity contribution in [2.24, 2.45) is 0 Å². The van der Waals surface area contributed by atoms with Gasteiger partial charge in [0, 0.05) is 58.8 Å². The van der Waals surface area contributed by atoms with Crippen LogP contribution in [0.1, 0.15) is 11.4 Å². The smallest absolute Gasteiger partial charge is 0.407 e. The van der Waals surface area contributed by atoms with E-state index in [1.807, 2.05) is 0 Å². The molecule has 2 N–H and O–H groups in total. The summed E-state index contributed by atoms with van der Waals surface area (Å²) in [6.45, 7) is 6.77. The lowest BCUT2D eigenvalue weighted by Crippen LogP contribution is -2.50. The molecule has 0 unspecified atom stereocenters. The number of nitrogens with one attached hydrogen (secondary N) is 1. The van der Waals surface area contributed by atoms with Gasteiger partial charge in [0.25, 0.3) is 0 Å². The van der Waals surface area contributed by atoms with Crippen LogP contribution >= 0.6 is 0 Å². The molecule has 1 saturated heterocycles. The molecule has 110 valence electrons. The van der Waals surface area contributed by atoms with Crippen molar-refractivity contribution in [1.82, 2.24) is 30.1 Å². The first kappa shape index (κ1) is 13.3. The number of H-pyrrole nitrogens is 1. The van der Waals surface area contributed by atoms with E-state index in [0.717, 1.165) is 57.1 Å². The fourth-order valence-electron chi connectivity index (χ4n) is 2.80. The van der Waals surface area contributed by atoms with E-state index >= 15 is 0 Å². The molecule has 20 heavy (non-hydrogen) atoms. The van der Waals surface area contributed by atoms with Crippen LogP contribution in [0.2, 0.25) is 0 Å². The van der Waals surface area contributed by atoms with Gasteiger partial charge in [-0.05, 0) is 0 Å². The van der Waals surface area contributed by atoms with Crippen molar-refractivity contribution >= 4 is 6.09 Å². The standard InChI is InChI=1S/C12H20N6O2/c19-12(20)18-7-5-16(6-8-18)3-4-17-2-1-10-11(9-17)14-15-13-10/h1-9H2,(H,19,20)(H,13,14,15). The van der Waals surface area contributed by atoms with E-state index in [0.29, 0.717) is 13.1 Å². The molecule has 8 heteroatoms. The van der Waals surface area contributed by atoms with Gasteiger partial charge in [-0.2, -0.15) is 0 Å². The molecule has 0 spiro atoms. The van der Waals surface area contributed by atoms with Crippen LogP contribution in [0.15, 0.2) is 0 Å². The zero-order valence-corrected chi connectivity index (χ0v) is 11.5. The topological polar surface area (TPSA) is 88.6 Å². The lowest BCUT2D eigenvalue weighted by molar-refractivity contribution is 0.0979. The summed E-state index contributed by atoms with van der Waals surface area (Å²) < 4.78 is 0. The van der Waals surface area contributed by atoms with E-state index in [-0.39, 0.29) is 0 Å². The summed E-state index contributed by atoms with van der Waals surface area (Å²) in [5.74, 6) is 0. The fourth-order valence-corrected chi connectivity index (χ4v) is 2.80. The molecular formula is C12H20N6O2. The maximum atomic E-state index is 10.8. The van der Waals surface area contributed by atoms with Crippen LogP contribution in [0.5, 0.6) is 0 Å². The van der Waals surface area contributed by atoms with E-state index < -0.39 is 6.09 Å². The van der Waals surface area contributed by atoms with E-state index in [1.54, 1.807) is 0 Å². The Labute approximate surface area is 117 Å². The first-order chi connectivity index (χ1) is 9.72. The summed E-state index contributed by atoms with van der Waals surface area (Å²) in [7, 11) is 0. The SMILES string of the molecule is O=C(O)N1CCN(CCN2CCc3[nH]nnc3C2)CC1. The lowest BCUT2D eigenvalue weighted by Gasteiger charge is -2.34. The van der Waals surface area contributed by atoms with Crippen molar-refractivity contribution in [3.63, 3.8) is 0 Å².